The van der Waals surface area contributed by atoms with Gasteiger partial charge in [-0.25, -0.2) is 0 Å². The van der Waals surface area contributed by atoms with Crippen LogP contribution in [0.15, 0.2) is 24.3 Å². The summed E-state index contributed by atoms with van der Waals surface area (Å²) < 4.78 is 5.40. The van der Waals surface area contributed by atoms with Crippen molar-refractivity contribution in [2.24, 2.45) is 0 Å². The lowest BCUT2D eigenvalue weighted by Crippen LogP contribution is -2.36. The van der Waals surface area contributed by atoms with Crippen molar-refractivity contribution in [2.45, 2.75) is 32.9 Å². The van der Waals surface area contributed by atoms with Gasteiger partial charge in [0.1, 0.15) is 0 Å². The molecule has 1 aliphatic heterocycles. The summed E-state index contributed by atoms with van der Waals surface area (Å²) in [5, 5.41) is 3.61. The highest BCUT2D eigenvalue weighted by Crippen LogP contribution is 2.16. The number of rotatable bonds is 8. The van der Waals surface area contributed by atoms with Gasteiger partial charge >= 0.3 is 0 Å². The first kappa shape index (κ1) is 16.7. The molecule has 0 bridgehead atoms. The van der Waals surface area contributed by atoms with Crippen molar-refractivity contribution in [3.63, 3.8) is 0 Å². The van der Waals surface area contributed by atoms with Gasteiger partial charge in [-0.15, -0.1) is 0 Å². The molecule has 0 spiro atoms. The minimum absolute atomic E-state index is 0.586. The fourth-order valence-corrected chi connectivity index (χ4v) is 3.25. The monoisotopic (exact) mass is 308 g/mol. The van der Waals surface area contributed by atoms with E-state index in [9.17, 15) is 0 Å². The molecule has 1 aromatic carbocycles. The van der Waals surface area contributed by atoms with E-state index in [4.69, 9.17) is 4.74 Å². The second-order valence-corrected chi connectivity index (χ2v) is 6.93. The maximum absolute atomic E-state index is 5.40. The largest absolute Gasteiger partial charge is 0.378 e. The van der Waals surface area contributed by atoms with Crippen molar-refractivity contribution in [3.8, 4) is 0 Å². The summed E-state index contributed by atoms with van der Waals surface area (Å²) in [4.78, 5) is 2.39. The number of nitrogens with one attached hydrogen (secondary N) is 1. The number of benzene rings is 1. The fraction of sp³-hybridized carbons (Fsp3) is 0.647. The van der Waals surface area contributed by atoms with E-state index in [2.05, 4.69) is 48.3 Å². The number of ether oxygens (including phenoxy) is 1. The van der Waals surface area contributed by atoms with Gasteiger partial charge in [0.15, 0.2) is 0 Å². The third kappa shape index (κ3) is 5.89. The zero-order valence-electron chi connectivity index (χ0n) is 13.3. The van der Waals surface area contributed by atoms with E-state index in [1.165, 1.54) is 29.2 Å². The highest BCUT2D eigenvalue weighted by molar-refractivity contribution is 7.99. The van der Waals surface area contributed by atoms with Gasteiger partial charge in [-0.1, -0.05) is 19.1 Å². The number of nitrogens with zero attached hydrogens (tertiary/aromatic N) is 1. The van der Waals surface area contributed by atoms with Crippen molar-refractivity contribution in [2.75, 3.05) is 42.7 Å². The number of morpholine rings is 1. The Morgan fingerprint density at radius 2 is 1.95 bits per heavy atom. The van der Waals surface area contributed by atoms with E-state index in [0.29, 0.717) is 6.04 Å². The van der Waals surface area contributed by atoms with E-state index in [1.807, 2.05) is 11.8 Å². The van der Waals surface area contributed by atoms with E-state index >= 15 is 0 Å². The minimum atomic E-state index is 0.586. The maximum atomic E-state index is 5.40. The highest BCUT2D eigenvalue weighted by atomic mass is 32.2. The van der Waals surface area contributed by atoms with Gasteiger partial charge in [0, 0.05) is 31.4 Å². The lowest BCUT2D eigenvalue weighted by Gasteiger charge is -2.29. The van der Waals surface area contributed by atoms with Gasteiger partial charge < -0.3 is 15.0 Å². The summed E-state index contributed by atoms with van der Waals surface area (Å²) in [6.07, 6.45) is 1.24. The molecule has 1 heterocycles. The van der Waals surface area contributed by atoms with Crippen molar-refractivity contribution < 1.29 is 4.74 Å². The van der Waals surface area contributed by atoms with Gasteiger partial charge in [-0.2, -0.15) is 11.8 Å². The molecule has 0 radical (unpaired) electrons. The van der Waals surface area contributed by atoms with Gasteiger partial charge in [0.2, 0.25) is 0 Å². The van der Waals surface area contributed by atoms with Crippen LogP contribution in [0.5, 0.6) is 0 Å². The summed E-state index contributed by atoms with van der Waals surface area (Å²) >= 11 is 2.02. The Hall–Kier alpha value is -0.710. The Bertz CT molecular complexity index is 390. The third-order valence-corrected chi connectivity index (χ3v) is 4.80. The molecule has 0 aliphatic carbocycles. The molecule has 2 rings (SSSR count). The normalized spacial score (nSPS) is 17.0. The first-order valence-corrected chi connectivity index (χ1v) is 9.18. The molecular weight excluding hydrogens is 280 g/mol. The molecule has 3 nitrogen and oxygen atoms in total. The number of hydrogen-bond donors (Lipinski definition) is 1. The third-order valence-electron chi connectivity index (χ3n) is 3.87. The molecule has 1 unspecified atom stereocenters. The summed E-state index contributed by atoms with van der Waals surface area (Å²) in [5.41, 5.74) is 2.68. The van der Waals surface area contributed by atoms with Crippen LogP contribution in [-0.4, -0.2) is 43.9 Å². The molecule has 21 heavy (non-hydrogen) atoms. The van der Waals surface area contributed by atoms with Gasteiger partial charge in [0.05, 0.1) is 13.2 Å². The van der Waals surface area contributed by atoms with Crippen LogP contribution in [0.1, 0.15) is 25.8 Å². The van der Waals surface area contributed by atoms with Crippen molar-refractivity contribution >= 4 is 17.4 Å². The van der Waals surface area contributed by atoms with Crippen LogP contribution in [0.3, 0.4) is 0 Å². The van der Waals surface area contributed by atoms with Crippen LogP contribution < -0.4 is 10.2 Å². The lowest BCUT2D eigenvalue weighted by molar-refractivity contribution is 0.122. The van der Waals surface area contributed by atoms with Crippen molar-refractivity contribution in [1.82, 2.24) is 5.32 Å². The van der Waals surface area contributed by atoms with Crippen LogP contribution in [0.4, 0.5) is 5.69 Å². The van der Waals surface area contributed by atoms with E-state index in [-0.39, 0.29) is 0 Å². The molecule has 1 saturated heterocycles. The molecule has 1 N–H and O–H groups in total. The average molecular weight is 308 g/mol. The summed E-state index contributed by atoms with van der Waals surface area (Å²) in [5.74, 6) is 2.47. The summed E-state index contributed by atoms with van der Waals surface area (Å²) in [7, 11) is 0. The van der Waals surface area contributed by atoms with Crippen molar-refractivity contribution in [3.05, 3.63) is 29.8 Å². The zero-order chi connectivity index (χ0) is 14.9. The second kappa shape index (κ2) is 9.34. The molecule has 0 aromatic heterocycles. The maximum Gasteiger partial charge on any atom is 0.0642 e. The van der Waals surface area contributed by atoms with Crippen LogP contribution >= 0.6 is 11.8 Å². The minimum Gasteiger partial charge on any atom is -0.378 e. The number of hydrogen-bond acceptors (Lipinski definition) is 4. The quantitative estimate of drug-likeness (QED) is 0.746. The smallest absolute Gasteiger partial charge is 0.0642 e. The Balaban J connectivity index is 1.74. The standard InChI is InChI=1S/C17H28N2OS/c1-3-21-13-8-15(2)18-14-16-4-6-17(7-5-16)19-9-11-20-12-10-19/h4-7,15,18H,3,8-14H2,1-2H3. The molecule has 4 heteroatoms. The highest BCUT2D eigenvalue weighted by Gasteiger charge is 2.10. The van der Waals surface area contributed by atoms with Gasteiger partial charge in [-0.3, -0.25) is 0 Å². The number of anilines is 1. The topological polar surface area (TPSA) is 24.5 Å². The van der Waals surface area contributed by atoms with Crippen LogP contribution in [0, 0.1) is 0 Å². The Morgan fingerprint density at radius 1 is 1.24 bits per heavy atom. The molecular formula is C17H28N2OS. The predicted octanol–water partition coefficient (Wildman–Crippen LogP) is 3.14. The van der Waals surface area contributed by atoms with Crippen LogP contribution in [0.25, 0.3) is 0 Å². The fourth-order valence-electron chi connectivity index (χ4n) is 2.44. The van der Waals surface area contributed by atoms with E-state index in [1.54, 1.807) is 0 Å². The van der Waals surface area contributed by atoms with Crippen molar-refractivity contribution in [1.29, 1.82) is 0 Å². The lowest BCUT2D eigenvalue weighted by atomic mass is 10.1. The summed E-state index contributed by atoms with van der Waals surface area (Å²) in [6.45, 7) is 9.15. The van der Waals surface area contributed by atoms with E-state index < -0.39 is 0 Å². The Morgan fingerprint density at radius 3 is 2.62 bits per heavy atom. The Labute approximate surface area is 133 Å². The van der Waals surface area contributed by atoms with Crippen LogP contribution in [0.2, 0.25) is 0 Å². The molecule has 118 valence electrons. The first-order chi connectivity index (χ1) is 10.3. The molecule has 1 aliphatic rings. The molecule has 0 saturated carbocycles. The Kier molecular flexibility index (Phi) is 7.41. The molecule has 1 atom stereocenters. The van der Waals surface area contributed by atoms with Crippen LogP contribution in [-0.2, 0) is 11.3 Å². The first-order valence-electron chi connectivity index (χ1n) is 8.02. The molecule has 0 amide bonds. The second-order valence-electron chi connectivity index (χ2n) is 5.53. The molecule has 1 fully saturated rings. The summed E-state index contributed by atoms with van der Waals surface area (Å²) in [6, 6.07) is 9.54. The van der Waals surface area contributed by atoms with Gasteiger partial charge in [0.25, 0.3) is 0 Å². The SMILES string of the molecule is CCSCCC(C)NCc1ccc(N2CCOCC2)cc1. The molecule has 1 aromatic rings. The average Bonchev–Trinajstić information content (AvgIpc) is 2.54. The zero-order valence-corrected chi connectivity index (χ0v) is 14.1. The van der Waals surface area contributed by atoms with Gasteiger partial charge in [-0.05, 0) is 42.5 Å². The van der Waals surface area contributed by atoms with E-state index in [0.717, 1.165) is 32.8 Å². The number of thioether (sulfide) groups is 1. The predicted molar refractivity (Wildman–Crippen MR) is 93.4 cm³/mol.